The van der Waals surface area contributed by atoms with E-state index in [9.17, 15) is 9.59 Å². The number of esters is 1. The van der Waals surface area contributed by atoms with Gasteiger partial charge in [-0.2, -0.15) is 0 Å². The van der Waals surface area contributed by atoms with Gasteiger partial charge >= 0.3 is 5.97 Å². The van der Waals surface area contributed by atoms with Crippen molar-refractivity contribution >= 4 is 50.8 Å². The van der Waals surface area contributed by atoms with Gasteiger partial charge in [-0.25, -0.2) is 4.79 Å². The van der Waals surface area contributed by atoms with E-state index in [2.05, 4.69) is 48.7 Å². The summed E-state index contributed by atoms with van der Waals surface area (Å²) in [4.78, 5) is 26.6. The van der Waals surface area contributed by atoms with Gasteiger partial charge in [-0.05, 0) is 76.9 Å². The number of thiophene rings is 1. The molecule has 0 aliphatic heterocycles. The highest BCUT2D eigenvalue weighted by molar-refractivity contribution is 14.1. The second-order valence-corrected chi connectivity index (χ2v) is 10.6. The Morgan fingerprint density at radius 2 is 1.97 bits per heavy atom. The zero-order valence-electron chi connectivity index (χ0n) is 17.3. The molecule has 0 bridgehead atoms. The van der Waals surface area contributed by atoms with Crippen LogP contribution in [0.15, 0.2) is 18.2 Å². The highest BCUT2D eigenvalue weighted by Gasteiger charge is 2.34. The molecule has 29 heavy (non-hydrogen) atoms. The van der Waals surface area contributed by atoms with Gasteiger partial charge in [0, 0.05) is 10.4 Å². The minimum absolute atomic E-state index is 0.205. The van der Waals surface area contributed by atoms with Crippen LogP contribution in [0.25, 0.3) is 0 Å². The number of methoxy groups -OCH3 is 2. The van der Waals surface area contributed by atoms with Crippen LogP contribution < -0.4 is 10.1 Å². The molecular formula is C22H26INO4S. The molecular weight excluding hydrogens is 501 g/mol. The maximum absolute atomic E-state index is 12.9. The molecule has 0 fully saturated rings. The summed E-state index contributed by atoms with van der Waals surface area (Å²) in [6.07, 6.45) is 2.78. The molecule has 1 unspecified atom stereocenters. The van der Waals surface area contributed by atoms with Crippen LogP contribution in [0.4, 0.5) is 5.00 Å². The quantitative estimate of drug-likeness (QED) is 0.418. The normalized spacial score (nSPS) is 16.1. The molecule has 3 rings (SSSR count). The molecule has 1 heterocycles. The molecule has 1 aliphatic carbocycles. The number of carbonyl (C=O) groups is 2. The lowest BCUT2D eigenvalue weighted by Crippen LogP contribution is -2.26. The van der Waals surface area contributed by atoms with E-state index < -0.39 is 5.97 Å². The maximum atomic E-state index is 12.9. The van der Waals surface area contributed by atoms with Crippen molar-refractivity contribution in [1.82, 2.24) is 0 Å². The average molecular weight is 527 g/mol. The summed E-state index contributed by atoms with van der Waals surface area (Å²) in [5, 5.41) is 3.53. The van der Waals surface area contributed by atoms with Crippen LogP contribution in [-0.2, 0) is 17.6 Å². The number of carbonyl (C=O) groups excluding carboxylic acids is 2. The Balaban J connectivity index is 1.93. The van der Waals surface area contributed by atoms with Crippen molar-refractivity contribution < 1.29 is 19.1 Å². The molecule has 0 saturated carbocycles. The molecule has 0 radical (unpaired) electrons. The molecule has 1 aromatic heterocycles. The van der Waals surface area contributed by atoms with Crippen molar-refractivity contribution in [1.29, 1.82) is 0 Å². The summed E-state index contributed by atoms with van der Waals surface area (Å²) in [5.74, 6) is 0.626. The van der Waals surface area contributed by atoms with Crippen molar-refractivity contribution in [3.63, 3.8) is 0 Å². The monoisotopic (exact) mass is 527 g/mol. The van der Waals surface area contributed by atoms with Gasteiger partial charge in [0.05, 0.1) is 23.4 Å². The number of benzene rings is 1. The van der Waals surface area contributed by atoms with E-state index in [1.165, 1.54) is 23.3 Å². The number of anilines is 1. The van der Waals surface area contributed by atoms with Gasteiger partial charge in [0.1, 0.15) is 10.8 Å². The van der Waals surface area contributed by atoms with Gasteiger partial charge in [-0.1, -0.05) is 20.8 Å². The smallest absolute Gasteiger partial charge is 0.341 e. The van der Waals surface area contributed by atoms with E-state index in [1.54, 1.807) is 25.3 Å². The predicted octanol–water partition coefficient (Wildman–Crippen LogP) is 5.55. The molecule has 0 saturated heterocycles. The first kappa shape index (κ1) is 22.1. The predicted molar refractivity (Wildman–Crippen MR) is 124 cm³/mol. The summed E-state index contributed by atoms with van der Waals surface area (Å²) in [7, 11) is 2.98. The average Bonchev–Trinajstić information content (AvgIpc) is 3.03. The number of amides is 1. The zero-order chi connectivity index (χ0) is 21.3. The van der Waals surface area contributed by atoms with Crippen molar-refractivity contribution in [2.45, 2.75) is 40.0 Å². The molecule has 1 N–H and O–H groups in total. The van der Waals surface area contributed by atoms with Crippen LogP contribution in [0.2, 0.25) is 0 Å². The third-order valence-electron chi connectivity index (χ3n) is 5.52. The summed E-state index contributed by atoms with van der Waals surface area (Å²) in [6.45, 7) is 6.77. The molecule has 156 valence electrons. The lowest BCUT2D eigenvalue weighted by Gasteiger charge is -2.33. The van der Waals surface area contributed by atoms with E-state index in [-0.39, 0.29) is 11.3 Å². The topological polar surface area (TPSA) is 64.6 Å². The lowest BCUT2D eigenvalue weighted by atomic mass is 9.72. The molecule has 1 amide bonds. The van der Waals surface area contributed by atoms with Crippen LogP contribution in [0.5, 0.6) is 5.75 Å². The summed E-state index contributed by atoms with van der Waals surface area (Å²) >= 11 is 3.64. The van der Waals surface area contributed by atoms with Gasteiger partial charge < -0.3 is 14.8 Å². The van der Waals surface area contributed by atoms with Crippen molar-refractivity contribution in [3.05, 3.63) is 43.3 Å². The van der Waals surface area contributed by atoms with Gasteiger partial charge in [-0.15, -0.1) is 11.3 Å². The molecule has 1 aliphatic rings. The molecule has 1 aromatic carbocycles. The third kappa shape index (κ3) is 4.60. The third-order valence-corrected chi connectivity index (χ3v) is 7.53. The van der Waals surface area contributed by atoms with Crippen LogP contribution in [0.3, 0.4) is 0 Å². The number of halogens is 1. The number of hydrogen-bond acceptors (Lipinski definition) is 5. The largest absolute Gasteiger partial charge is 0.496 e. The number of hydrogen-bond donors (Lipinski definition) is 1. The first-order chi connectivity index (χ1) is 13.7. The highest BCUT2D eigenvalue weighted by atomic mass is 127. The van der Waals surface area contributed by atoms with Crippen LogP contribution >= 0.6 is 33.9 Å². The Morgan fingerprint density at radius 1 is 1.24 bits per heavy atom. The van der Waals surface area contributed by atoms with Crippen LogP contribution in [0.1, 0.15) is 58.3 Å². The Hall–Kier alpha value is -1.61. The van der Waals surface area contributed by atoms with Crippen molar-refractivity contribution in [3.8, 4) is 5.75 Å². The number of rotatable bonds is 4. The maximum Gasteiger partial charge on any atom is 0.341 e. The van der Waals surface area contributed by atoms with Crippen molar-refractivity contribution in [2.24, 2.45) is 11.3 Å². The fraction of sp³-hybridized carbons (Fsp3) is 0.455. The standard InChI is InChI=1S/C22H26INO4S/c1-22(2,3)13-7-8-14-17(11-13)29-20(18(14)21(26)28-5)24-19(25)12-6-9-16(27-4)15(23)10-12/h6,9-10,13H,7-8,11H2,1-5H3,(H,24,25). The summed E-state index contributed by atoms with van der Waals surface area (Å²) < 4.78 is 11.1. The molecule has 5 nitrogen and oxygen atoms in total. The molecule has 1 atom stereocenters. The fourth-order valence-electron chi connectivity index (χ4n) is 3.71. The first-order valence-corrected chi connectivity index (χ1v) is 11.4. The van der Waals surface area contributed by atoms with Gasteiger partial charge in [0.25, 0.3) is 5.91 Å². The number of nitrogens with one attached hydrogen (secondary N) is 1. The minimum Gasteiger partial charge on any atom is -0.496 e. The number of ether oxygens (including phenoxy) is 2. The SMILES string of the molecule is COC(=O)c1c(NC(=O)c2ccc(OC)c(I)c2)sc2c1CCC(C(C)(C)C)C2. The van der Waals surface area contributed by atoms with Gasteiger partial charge in [0.2, 0.25) is 0 Å². The van der Waals surface area contributed by atoms with Gasteiger partial charge in [0.15, 0.2) is 0 Å². The zero-order valence-corrected chi connectivity index (χ0v) is 20.3. The molecule has 7 heteroatoms. The van der Waals surface area contributed by atoms with Crippen LogP contribution in [-0.4, -0.2) is 26.1 Å². The fourth-order valence-corrected chi connectivity index (χ4v) is 5.76. The number of fused-ring (bicyclic) bond motifs is 1. The summed E-state index contributed by atoms with van der Waals surface area (Å²) in [6, 6.07) is 5.26. The minimum atomic E-state index is -0.392. The van der Waals surface area contributed by atoms with Gasteiger partial charge in [-0.3, -0.25) is 4.79 Å². The van der Waals surface area contributed by atoms with E-state index in [1.807, 2.05) is 0 Å². The van der Waals surface area contributed by atoms with E-state index in [0.717, 1.165) is 34.1 Å². The Bertz CT molecular complexity index is 945. The highest BCUT2D eigenvalue weighted by Crippen LogP contribution is 2.44. The van der Waals surface area contributed by atoms with E-state index in [0.29, 0.717) is 22.0 Å². The Morgan fingerprint density at radius 3 is 2.55 bits per heavy atom. The molecule has 2 aromatic rings. The lowest BCUT2D eigenvalue weighted by molar-refractivity contribution is 0.0600. The molecule has 0 spiro atoms. The first-order valence-electron chi connectivity index (χ1n) is 9.53. The Labute approximate surface area is 189 Å². The van der Waals surface area contributed by atoms with Crippen LogP contribution in [0, 0.1) is 14.9 Å². The second-order valence-electron chi connectivity index (χ2n) is 8.31. The summed E-state index contributed by atoms with van der Waals surface area (Å²) in [5.41, 5.74) is 2.26. The second kappa shape index (κ2) is 8.63. The van der Waals surface area contributed by atoms with E-state index in [4.69, 9.17) is 9.47 Å². The van der Waals surface area contributed by atoms with Crippen molar-refractivity contribution in [2.75, 3.05) is 19.5 Å². The van der Waals surface area contributed by atoms with E-state index >= 15 is 0 Å². The Kier molecular flexibility index (Phi) is 6.57.